The van der Waals surface area contributed by atoms with Crippen LogP contribution in [-0.2, 0) is 4.74 Å². The molecule has 2 unspecified atom stereocenters. The molecule has 0 saturated heterocycles. The zero-order valence-corrected chi connectivity index (χ0v) is 10.7. The van der Waals surface area contributed by atoms with Crippen molar-refractivity contribution in [1.82, 2.24) is 0 Å². The Morgan fingerprint density at radius 1 is 1.33 bits per heavy atom. The number of cyclic esters (lactones) is 1. The standard InChI is InChI=1S/C14H16O4/c1-5-8(2)13-9-6-11(16-3)12(17-4)7-10(9)14(15)18-13/h5-8,13H,1H2,2-4H3. The van der Waals surface area contributed by atoms with E-state index in [2.05, 4.69) is 6.58 Å². The smallest absolute Gasteiger partial charge is 0.339 e. The molecule has 0 fully saturated rings. The van der Waals surface area contributed by atoms with Gasteiger partial charge in [0.05, 0.1) is 19.8 Å². The Morgan fingerprint density at radius 2 is 1.94 bits per heavy atom. The first-order valence-electron chi connectivity index (χ1n) is 5.71. The molecule has 96 valence electrons. The quantitative estimate of drug-likeness (QED) is 0.607. The van der Waals surface area contributed by atoms with Crippen molar-refractivity contribution < 1.29 is 19.0 Å². The molecule has 1 aromatic rings. The van der Waals surface area contributed by atoms with Crippen LogP contribution in [0.2, 0.25) is 0 Å². The molecule has 0 saturated carbocycles. The summed E-state index contributed by atoms with van der Waals surface area (Å²) in [6.45, 7) is 5.69. The Hall–Kier alpha value is -1.97. The van der Waals surface area contributed by atoms with Gasteiger partial charge in [-0.05, 0) is 12.1 Å². The lowest BCUT2D eigenvalue weighted by Crippen LogP contribution is -2.07. The third-order valence-corrected chi connectivity index (χ3v) is 3.17. The van der Waals surface area contributed by atoms with Crippen LogP contribution in [0.15, 0.2) is 24.8 Å². The minimum atomic E-state index is -0.329. The maximum atomic E-state index is 11.8. The van der Waals surface area contributed by atoms with Crippen LogP contribution < -0.4 is 9.47 Å². The van der Waals surface area contributed by atoms with E-state index in [-0.39, 0.29) is 18.0 Å². The molecule has 0 aliphatic carbocycles. The highest BCUT2D eigenvalue weighted by atomic mass is 16.6. The normalized spacial score (nSPS) is 18.8. The van der Waals surface area contributed by atoms with Crippen LogP contribution in [0.5, 0.6) is 11.5 Å². The summed E-state index contributed by atoms with van der Waals surface area (Å²) in [6, 6.07) is 3.45. The molecule has 2 rings (SSSR count). The monoisotopic (exact) mass is 248 g/mol. The number of carbonyl (C=O) groups excluding carboxylic acids is 1. The predicted molar refractivity (Wildman–Crippen MR) is 67.1 cm³/mol. The lowest BCUT2D eigenvalue weighted by molar-refractivity contribution is 0.0309. The number of esters is 1. The molecule has 2 atom stereocenters. The third kappa shape index (κ3) is 1.83. The average Bonchev–Trinajstić information content (AvgIpc) is 2.73. The number of ether oxygens (including phenoxy) is 3. The fourth-order valence-corrected chi connectivity index (χ4v) is 2.06. The van der Waals surface area contributed by atoms with Gasteiger partial charge in [0.25, 0.3) is 0 Å². The van der Waals surface area contributed by atoms with E-state index in [1.807, 2.05) is 6.92 Å². The van der Waals surface area contributed by atoms with Crippen molar-refractivity contribution >= 4 is 5.97 Å². The van der Waals surface area contributed by atoms with Crippen molar-refractivity contribution in [2.24, 2.45) is 5.92 Å². The molecule has 1 aliphatic heterocycles. The van der Waals surface area contributed by atoms with Gasteiger partial charge in [0, 0.05) is 11.5 Å². The Labute approximate surface area is 106 Å². The first-order valence-corrected chi connectivity index (χ1v) is 5.71. The predicted octanol–water partition coefficient (Wildman–Crippen LogP) is 2.74. The molecule has 0 amide bonds. The van der Waals surface area contributed by atoms with E-state index in [4.69, 9.17) is 14.2 Å². The van der Waals surface area contributed by atoms with Gasteiger partial charge in [0.1, 0.15) is 6.10 Å². The van der Waals surface area contributed by atoms with Gasteiger partial charge in [-0.15, -0.1) is 6.58 Å². The average molecular weight is 248 g/mol. The van der Waals surface area contributed by atoms with Gasteiger partial charge in [-0.3, -0.25) is 0 Å². The van der Waals surface area contributed by atoms with Crippen LogP contribution in [0.3, 0.4) is 0 Å². The number of hydrogen-bond donors (Lipinski definition) is 0. The van der Waals surface area contributed by atoms with E-state index in [1.54, 1.807) is 25.3 Å². The second-order valence-electron chi connectivity index (χ2n) is 4.22. The molecule has 1 aromatic carbocycles. The van der Waals surface area contributed by atoms with Crippen molar-refractivity contribution in [1.29, 1.82) is 0 Å². The van der Waals surface area contributed by atoms with E-state index in [0.29, 0.717) is 17.1 Å². The van der Waals surface area contributed by atoms with Gasteiger partial charge in [-0.2, -0.15) is 0 Å². The molecular formula is C14H16O4. The molecule has 0 N–H and O–H groups in total. The van der Waals surface area contributed by atoms with E-state index in [9.17, 15) is 4.79 Å². The second-order valence-corrected chi connectivity index (χ2v) is 4.22. The summed E-state index contributed by atoms with van der Waals surface area (Å²) in [5.74, 6) is 0.842. The van der Waals surface area contributed by atoms with Crippen LogP contribution >= 0.6 is 0 Å². The molecule has 0 bridgehead atoms. The van der Waals surface area contributed by atoms with Crippen molar-refractivity contribution in [2.75, 3.05) is 14.2 Å². The van der Waals surface area contributed by atoms with E-state index in [0.717, 1.165) is 5.56 Å². The number of benzene rings is 1. The summed E-state index contributed by atoms with van der Waals surface area (Å²) >= 11 is 0. The summed E-state index contributed by atoms with van der Waals surface area (Å²) < 4.78 is 15.8. The summed E-state index contributed by atoms with van der Waals surface area (Å²) in [6.07, 6.45) is 1.47. The lowest BCUT2D eigenvalue weighted by atomic mass is 9.95. The Kier molecular flexibility index (Phi) is 3.28. The highest BCUT2D eigenvalue weighted by Gasteiger charge is 2.35. The molecule has 4 nitrogen and oxygen atoms in total. The fraction of sp³-hybridized carbons (Fsp3) is 0.357. The first-order chi connectivity index (χ1) is 8.62. The van der Waals surface area contributed by atoms with Crippen LogP contribution in [0.4, 0.5) is 0 Å². The zero-order valence-electron chi connectivity index (χ0n) is 10.7. The number of fused-ring (bicyclic) bond motifs is 1. The number of hydrogen-bond acceptors (Lipinski definition) is 4. The van der Waals surface area contributed by atoms with Crippen molar-refractivity contribution in [2.45, 2.75) is 13.0 Å². The molecule has 0 aromatic heterocycles. The highest BCUT2D eigenvalue weighted by molar-refractivity contribution is 5.95. The lowest BCUT2D eigenvalue weighted by Gasteiger charge is -2.16. The molecule has 1 heterocycles. The van der Waals surface area contributed by atoms with Crippen molar-refractivity contribution in [3.63, 3.8) is 0 Å². The minimum Gasteiger partial charge on any atom is -0.493 e. The minimum absolute atomic E-state index is 0.0494. The van der Waals surface area contributed by atoms with Crippen LogP contribution in [0.25, 0.3) is 0 Å². The van der Waals surface area contributed by atoms with Crippen LogP contribution in [-0.4, -0.2) is 20.2 Å². The molecular weight excluding hydrogens is 232 g/mol. The SMILES string of the molecule is C=CC(C)C1OC(=O)c2cc(OC)c(OC)cc21. The first kappa shape index (κ1) is 12.5. The largest absolute Gasteiger partial charge is 0.493 e. The Morgan fingerprint density at radius 3 is 2.50 bits per heavy atom. The number of methoxy groups -OCH3 is 2. The van der Waals surface area contributed by atoms with E-state index < -0.39 is 0 Å². The van der Waals surface area contributed by atoms with Gasteiger partial charge >= 0.3 is 5.97 Å². The summed E-state index contributed by atoms with van der Waals surface area (Å²) in [7, 11) is 3.10. The Bertz CT molecular complexity index is 493. The Balaban J connectivity index is 2.53. The van der Waals surface area contributed by atoms with E-state index in [1.165, 1.54) is 7.11 Å². The van der Waals surface area contributed by atoms with Crippen LogP contribution in [0.1, 0.15) is 28.9 Å². The number of carbonyl (C=O) groups is 1. The summed E-state index contributed by atoms with van der Waals surface area (Å²) in [5, 5.41) is 0. The zero-order chi connectivity index (χ0) is 13.3. The van der Waals surface area contributed by atoms with Crippen molar-refractivity contribution in [3.05, 3.63) is 35.9 Å². The van der Waals surface area contributed by atoms with Crippen LogP contribution in [0, 0.1) is 5.92 Å². The second kappa shape index (κ2) is 4.72. The maximum Gasteiger partial charge on any atom is 0.339 e. The molecule has 1 aliphatic rings. The van der Waals surface area contributed by atoms with Gasteiger partial charge in [0.15, 0.2) is 11.5 Å². The summed E-state index contributed by atoms with van der Waals surface area (Å²) in [4.78, 5) is 11.8. The van der Waals surface area contributed by atoms with E-state index >= 15 is 0 Å². The molecule has 18 heavy (non-hydrogen) atoms. The molecule has 4 heteroatoms. The highest BCUT2D eigenvalue weighted by Crippen LogP contribution is 2.42. The summed E-state index contributed by atoms with van der Waals surface area (Å²) in [5.41, 5.74) is 1.36. The fourth-order valence-electron chi connectivity index (χ4n) is 2.06. The molecule has 0 spiro atoms. The maximum absolute atomic E-state index is 11.8. The van der Waals surface area contributed by atoms with Crippen molar-refractivity contribution in [3.8, 4) is 11.5 Å². The third-order valence-electron chi connectivity index (χ3n) is 3.17. The van der Waals surface area contributed by atoms with Gasteiger partial charge in [-0.25, -0.2) is 4.79 Å². The topological polar surface area (TPSA) is 44.8 Å². The van der Waals surface area contributed by atoms with Gasteiger partial charge in [-0.1, -0.05) is 13.0 Å². The molecule has 0 radical (unpaired) electrons. The van der Waals surface area contributed by atoms with Gasteiger partial charge < -0.3 is 14.2 Å². The van der Waals surface area contributed by atoms with Gasteiger partial charge in [0.2, 0.25) is 0 Å². The number of rotatable bonds is 4.